The number of amides is 1. The standard InChI is InChI=1S/C20H18FN5O2/c1-12-14(7-8-17(27)23-11-13-4-3-9-22-10-13)20(28)26-19(24-12)18-15(21)5-2-6-16(18)25-26/h2-6,9-10,18H,7-8,11H2,1H3,(H,23,27). The molecule has 1 N–H and O–H groups in total. The molecule has 28 heavy (non-hydrogen) atoms. The van der Waals surface area contributed by atoms with Gasteiger partial charge < -0.3 is 5.32 Å². The predicted octanol–water partition coefficient (Wildman–Crippen LogP) is 1.92. The van der Waals surface area contributed by atoms with Gasteiger partial charge in [-0.05, 0) is 37.1 Å². The molecule has 142 valence electrons. The number of aryl methyl sites for hydroxylation is 1. The maximum absolute atomic E-state index is 14.2. The summed E-state index contributed by atoms with van der Waals surface area (Å²) in [5, 5.41) is 7.02. The largest absolute Gasteiger partial charge is 0.352 e. The van der Waals surface area contributed by atoms with Crippen LogP contribution in [0.25, 0.3) is 0 Å². The summed E-state index contributed by atoms with van der Waals surface area (Å²) in [6.45, 7) is 2.07. The van der Waals surface area contributed by atoms with E-state index in [0.29, 0.717) is 23.5 Å². The SMILES string of the molecule is Cc1nc2n(c(=O)c1CCC(=O)NCc1cccnc1)N=C1C=CC=C(F)C12. The van der Waals surface area contributed by atoms with E-state index in [9.17, 15) is 14.0 Å². The third kappa shape index (κ3) is 3.28. The lowest BCUT2D eigenvalue weighted by Crippen LogP contribution is -2.28. The van der Waals surface area contributed by atoms with Gasteiger partial charge in [0.2, 0.25) is 5.91 Å². The van der Waals surface area contributed by atoms with Gasteiger partial charge in [-0.25, -0.2) is 9.37 Å². The second kappa shape index (κ2) is 7.30. The maximum Gasteiger partial charge on any atom is 0.277 e. The van der Waals surface area contributed by atoms with E-state index in [1.165, 1.54) is 6.08 Å². The Morgan fingerprint density at radius 2 is 2.25 bits per heavy atom. The van der Waals surface area contributed by atoms with Crippen LogP contribution >= 0.6 is 0 Å². The number of allylic oxidation sites excluding steroid dienone is 4. The highest BCUT2D eigenvalue weighted by Crippen LogP contribution is 2.33. The van der Waals surface area contributed by atoms with Crippen LogP contribution in [0, 0.1) is 6.92 Å². The molecule has 0 saturated heterocycles. The molecular formula is C20H18FN5O2. The molecule has 0 aromatic carbocycles. The Labute approximate surface area is 160 Å². The summed E-state index contributed by atoms with van der Waals surface area (Å²) in [6.07, 6.45) is 8.30. The molecule has 1 aliphatic carbocycles. The molecule has 1 aliphatic heterocycles. The second-order valence-corrected chi connectivity index (χ2v) is 6.66. The number of pyridine rings is 1. The number of carbonyl (C=O) groups excluding carboxylic acids is 1. The van der Waals surface area contributed by atoms with Crippen molar-refractivity contribution < 1.29 is 9.18 Å². The van der Waals surface area contributed by atoms with Gasteiger partial charge in [0.1, 0.15) is 17.6 Å². The average molecular weight is 379 g/mol. The van der Waals surface area contributed by atoms with Gasteiger partial charge in [-0.2, -0.15) is 9.78 Å². The summed E-state index contributed by atoms with van der Waals surface area (Å²) in [5.41, 5.74) is 1.90. The van der Waals surface area contributed by atoms with Crippen LogP contribution in [0.5, 0.6) is 0 Å². The first-order chi connectivity index (χ1) is 13.5. The van der Waals surface area contributed by atoms with Crippen molar-refractivity contribution in [3.63, 3.8) is 0 Å². The molecule has 7 nitrogen and oxygen atoms in total. The molecule has 0 fully saturated rings. The Morgan fingerprint density at radius 3 is 3.04 bits per heavy atom. The third-order valence-electron chi connectivity index (χ3n) is 4.77. The summed E-state index contributed by atoms with van der Waals surface area (Å²) in [7, 11) is 0. The molecule has 0 saturated carbocycles. The van der Waals surface area contributed by atoms with Crippen LogP contribution in [-0.2, 0) is 17.8 Å². The smallest absolute Gasteiger partial charge is 0.277 e. The number of hydrogen-bond donors (Lipinski definition) is 1. The molecule has 1 unspecified atom stereocenters. The van der Waals surface area contributed by atoms with Crippen molar-refractivity contribution in [3.05, 3.63) is 81.6 Å². The normalized spacial score (nSPS) is 16.9. The minimum Gasteiger partial charge on any atom is -0.352 e. The summed E-state index contributed by atoms with van der Waals surface area (Å²) >= 11 is 0. The molecule has 2 aliphatic rings. The summed E-state index contributed by atoms with van der Waals surface area (Å²) in [5.74, 6) is -1.01. The molecule has 8 heteroatoms. The molecule has 2 aromatic rings. The number of nitrogens with zero attached hydrogens (tertiary/aromatic N) is 4. The highest BCUT2D eigenvalue weighted by atomic mass is 19.1. The average Bonchev–Trinajstić information content (AvgIpc) is 3.07. The number of halogens is 1. The van der Waals surface area contributed by atoms with Gasteiger partial charge in [-0.1, -0.05) is 12.1 Å². The summed E-state index contributed by atoms with van der Waals surface area (Å²) < 4.78 is 15.3. The van der Waals surface area contributed by atoms with E-state index in [0.717, 1.165) is 10.2 Å². The summed E-state index contributed by atoms with van der Waals surface area (Å²) in [4.78, 5) is 33.4. The van der Waals surface area contributed by atoms with Crippen molar-refractivity contribution in [2.75, 3.05) is 0 Å². The highest BCUT2D eigenvalue weighted by molar-refractivity contribution is 6.04. The lowest BCUT2D eigenvalue weighted by atomic mass is 9.97. The van der Waals surface area contributed by atoms with E-state index in [2.05, 4.69) is 20.4 Å². The molecule has 3 heterocycles. The van der Waals surface area contributed by atoms with E-state index in [4.69, 9.17) is 0 Å². The number of carbonyl (C=O) groups is 1. The Morgan fingerprint density at radius 1 is 1.39 bits per heavy atom. The van der Waals surface area contributed by atoms with Crippen LogP contribution in [0.4, 0.5) is 4.39 Å². The van der Waals surface area contributed by atoms with E-state index in [1.807, 2.05) is 6.07 Å². The minimum absolute atomic E-state index is 0.144. The van der Waals surface area contributed by atoms with Crippen molar-refractivity contribution in [3.8, 4) is 0 Å². The molecule has 1 atom stereocenters. The van der Waals surface area contributed by atoms with Crippen LogP contribution < -0.4 is 10.9 Å². The van der Waals surface area contributed by atoms with Gasteiger partial charge in [0, 0.05) is 36.6 Å². The lowest BCUT2D eigenvalue weighted by Gasteiger charge is -2.13. The zero-order valence-corrected chi connectivity index (χ0v) is 15.2. The molecule has 0 spiro atoms. The van der Waals surface area contributed by atoms with Gasteiger partial charge in [0.25, 0.3) is 5.56 Å². The number of aromatic nitrogens is 3. The zero-order valence-electron chi connectivity index (χ0n) is 15.2. The number of nitrogens with one attached hydrogen (secondary N) is 1. The molecule has 4 rings (SSSR count). The van der Waals surface area contributed by atoms with Crippen molar-refractivity contribution in [2.45, 2.75) is 32.2 Å². The monoisotopic (exact) mass is 379 g/mol. The van der Waals surface area contributed by atoms with E-state index in [1.54, 1.807) is 37.5 Å². The van der Waals surface area contributed by atoms with Crippen molar-refractivity contribution >= 4 is 11.6 Å². The molecule has 0 bridgehead atoms. The van der Waals surface area contributed by atoms with E-state index in [-0.39, 0.29) is 36.0 Å². The number of fused-ring (bicyclic) bond motifs is 3. The van der Waals surface area contributed by atoms with Crippen LogP contribution in [0.2, 0.25) is 0 Å². The first-order valence-corrected chi connectivity index (χ1v) is 8.95. The van der Waals surface area contributed by atoms with Gasteiger partial charge in [-0.15, -0.1) is 0 Å². The molecule has 1 amide bonds. The Bertz CT molecular complexity index is 1090. The zero-order chi connectivity index (χ0) is 19.7. The Kier molecular flexibility index (Phi) is 4.68. The lowest BCUT2D eigenvalue weighted by molar-refractivity contribution is -0.121. The number of hydrogen-bond acceptors (Lipinski definition) is 5. The fraction of sp³-hybridized carbons (Fsp3) is 0.250. The van der Waals surface area contributed by atoms with Gasteiger partial charge in [-0.3, -0.25) is 14.6 Å². The van der Waals surface area contributed by atoms with Gasteiger partial charge >= 0.3 is 0 Å². The number of rotatable bonds is 5. The first-order valence-electron chi connectivity index (χ1n) is 8.95. The molecule has 0 radical (unpaired) electrons. The summed E-state index contributed by atoms with van der Waals surface area (Å²) in [6, 6.07) is 3.67. The van der Waals surface area contributed by atoms with Crippen LogP contribution in [0.3, 0.4) is 0 Å². The predicted molar refractivity (Wildman–Crippen MR) is 102 cm³/mol. The molecular weight excluding hydrogens is 361 g/mol. The van der Waals surface area contributed by atoms with Crippen LogP contribution in [-0.4, -0.2) is 26.3 Å². The molecule has 2 aromatic heterocycles. The van der Waals surface area contributed by atoms with Gasteiger partial charge in [0.05, 0.1) is 5.71 Å². The Hall–Kier alpha value is -3.42. The van der Waals surface area contributed by atoms with E-state index >= 15 is 0 Å². The highest BCUT2D eigenvalue weighted by Gasteiger charge is 2.34. The van der Waals surface area contributed by atoms with Crippen LogP contribution in [0.15, 0.2) is 58.5 Å². The fourth-order valence-electron chi connectivity index (χ4n) is 3.31. The van der Waals surface area contributed by atoms with Crippen molar-refractivity contribution in [1.29, 1.82) is 0 Å². The fourth-order valence-corrected chi connectivity index (χ4v) is 3.31. The van der Waals surface area contributed by atoms with Crippen LogP contribution in [0.1, 0.15) is 35.0 Å². The topological polar surface area (TPSA) is 89.2 Å². The third-order valence-corrected chi connectivity index (χ3v) is 4.77. The van der Waals surface area contributed by atoms with Crippen molar-refractivity contribution in [2.24, 2.45) is 5.10 Å². The maximum atomic E-state index is 14.2. The first kappa shape index (κ1) is 18.0. The minimum atomic E-state index is -0.728. The van der Waals surface area contributed by atoms with Gasteiger partial charge in [0.15, 0.2) is 0 Å². The Balaban J connectivity index is 1.49. The van der Waals surface area contributed by atoms with E-state index < -0.39 is 5.92 Å². The quantitative estimate of drug-likeness (QED) is 0.860. The second-order valence-electron chi connectivity index (χ2n) is 6.66. The van der Waals surface area contributed by atoms with Crippen molar-refractivity contribution in [1.82, 2.24) is 20.0 Å².